The van der Waals surface area contributed by atoms with Gasteiger partial charge in [-0.2, -0.15) is 0 Å². The van der Waals surface area contributed by atoms with Gasteiger partial charge in [0, 0.05) is 13.0 Å². The molecule has 1 aliphatic rings. The fourth-order valence-corrected chi connectivity index (χ4v) is 2.57. The summed E-state index contributed by atoms with van der Waals surface area (Å²) >= 11 is 0. The van der Waals surface area contributed by atoms with E-state index in [1.54, 1.807) is 31.7 Å². The minimum Gasteiger partial charge on any atom is -0.342 e. The Morgan fingerprint density at radius 1 is 1.33 bits per heavy atom. The number of benzene rings is 1. The molecule has 1 aromatic rings. The lowest BCUT2D eigenvalue weighted by Gasteiger charge is -2.33. The van der Waals surface area contributed by atoms with Gasteiger partial charge in [0.2, 0.25) is 11.8 Å². The molecular weight excluding hydrogens is 271 g/mol. The molecule has 1 aliphatic heterocycles. The van der Waals surface area contributed by atoms with E-state index in [0.717, 1.165) is 5.56 Å². The summed E-state index contributed by atoms with van der Waals surface area (Å²) in [6.07, 6.45) is 0.258. The van der Waals surface area contributed by atoms with Crippen molar-refractivity contribution in [3.05, 3.63) is 35.1 Å². The maximum absolute atomic E-state index is 13.7. The molecule has 0 radical (unpaired) electrons. The highest BCUT2D eigenvalue weighted by atomic mass is 19.1. The highest BCUT2D eigenvalue weighted by Gasteiger charge is 2.38. The zero-order valence-corrected chi connectivity index (χ0v) is 12.9. The molecule has 0 bridgehead atoms. The number of amides is 2. The van der Waals surface area contributed by atoms with Crippen LogP contribution in [0.1, 0.15) is 44.4 Å². The maximum Gasteiger partial charge on any atom is 0.248 e. The molecule has 2 rings (SSSR count). The average Bonchev–Trinajstić information content (AvgIpc) is 2.50. The molecule has 21 heavy (non-hydrogen) atoms. The Morgan fingerprint density at radius 3 is 2.62 bits per heavy atom. The molecule has 5 heteroatoms. The third-order valence-electron chi connectivity index (χ3n) is 3.97. The van der Waals surface area contributed by atoms with Gasteiger partial charge in [-0.3, -0.25) is 9.59 Å². The van der Waals surface area contributed by atoms with E-state index in [2.05, 4.69) is 5.32 Å². The number of aryl methyl sites for hydroxylation is 1. The number of nitrogens with zero attached hydrogens (tertiary/aromatic N) is 1. The van der Waals surface area contributed by atoms with Gasteiger partial charge in [-0.1, -0.05) is 12.1 Å². The predicted octanol–water partition coefficient (Wildman–Crippen LogP) is 2.32. The topological polar surface area (TPSA) is 49.4 Å². The first-order valence-corrected chi connectivity index (χ1v) is 7.10. The zero-order valence-electron chi connectivity index (χ0n) is 12.9. The number of rotatable bonds is 2. The van der Waals surface area contributed by atoms with Crippen LogP contribution >= 0.6 is 0 Å². The van der Waals surface area contributed by atoms with Crippen LogP contribution in [0.4, 0.5) is 4.39 Å². The van der Waals surface area contributed by atoms with Crippen LogP contribution in [-0.4, -0.2) is 28.8 Å². The van der Waals surface area contributed by atoms with Gasteiger partial charge >= 0.3 is 0 Å². The van der Waals surface area contributed by atoms with Gasteiger partial charge in [0.25, 0.3) is 0 Å². The normalized spacial score (nSPS) is 20.0. The van der Waals surface area contributed by atoms with E-state index in [-0.39, 0.29) is 30.1 Å². The lowest BCUT2D eigenvalue weighted by molar-refractivity contribution is -0.139. The Hall–Kier alpha value is -1.91. The second-order valence-corrected chi connectivity index (χ2v) is 6.11. The van der Waals surface area contributed by atoms with Gasteiger partial charge in [0.15, 0.2) is 0 Å². The Kier molecular flexibility index (Phi) is 4.03. The van der Waals surface area contributed by atoms with Crippen LogP contribution in [0.2, 0.25) is 0 Å². The molecule has 0 aromatic heterocycles. The lowest BCUT2D eigenvalue weighted by Crippen LogP contribution is -2.53. The second-order valence-electron chi connectivity index (χ2n) is 6.11. The number of carbonyl (C=O) groups is 2. The molecule has 0 spiro atoms. The number of halogens is 1. The molecule has 1 unspecified atom stereocenters. The Bertz CT molecular complexity index is 584. The van der Waals surface area contributed by atoms with E-state index in [0.29, 0.717) is 12.1 Å². The second kappa shape index (κ2) is 5.47. The number of carbonyl (C=O) groups excluding carboxylic acids is 2. The fourth-order valence-electron chi connectivity index (χ4n) is 2.57. The minimum atomic E-state index is -0.939. The summed E-state index contributed by atoms with van der Waals surface area (Å²) in [5, 5.41) is 2.72. The first-order chi connectivity index (χ1) is 9.72. The molecule has 1 fully saturated rings. The van der Waals surface area contributed by atoms with Gasteiger partial charge in [-0.25, -0.2) is 4.39 Å². The van der Waals surface area contributed by atoms with Crippen LogP contribution in [-0.2, 0) is 9.59 Å². The molecule has 2 amide bonds. The molecule has 0 saturated carbocycles. The van der Waals surface area contributed by atoms with Crippen molar-refractivity contribution < 1.29 is 14.0 Å². The largest absolute Gasteiger partial charge is 0.342 e. The summed E-state index contributed by atoms with van der Waals surface area (Å²) in [5.74, 6) is -0.574. The van der Waals surface area contributed by atoms with E-state index < -0.39 is 5.54 Å². The Morgan fingerprint density at radius 2 is 2.00 bits per heavy atom. The van der Waals surface area contributed by atoms with Crippen LogP contribution in [0.25, 0.3) is 0 Å². The van der Waals surface area contributed by atoms with Crippen LogP contribution in [0.5, 0.6) is 0 Å². The van der Waals surface area contributed by atoms with E-state index >= 15 is 0 Å². The van der Waals surface area contributed by atoms with Gasteiger partial charge in [0.1, 0.15) is 11.4 Å². The van der Waals surface area contributed by atoms with Crippen molar-refractivity contribution in [2.45, 2.75) is 45.7 Å². The van der Waals surface area contributed by atoms with Crippen molar-refractivity contribution in [3.63, 3.8) is 0 Å². The van der Waals surface area contributed by atoms with Crippen molar-refractivity contribution in [1.29, 1.82) is 0 Å². The molecule has 1 heterocycles. The van der Waals surface area contributed by atoms with Gasteiger partial charge in [-0.15, -0.1) is 0 Å². The van der Waals surface area contributed by atoms with Crippen molar-refractivity contribution in [2.75, 3.05) is 6.54 Å². The Labute approximate surface area is 124 Å². The predicted molar refractivity (Wildman–Crippen MR) is 78.1 cm³/mol. The standard InChI is InChI=1S/C16H21FN2O2/c1-10-5-6-12(9-13(10)17)11(2)19-8-7-14(20)18-16(3,4)15(19)21/h5-6,9,11H,7-8H2,1-4H3,(H,18,20). The summed E-state index contributed by atoms with van der Waals surface area (Å²) in [5.41, 5.74) is 0.368. The summed E-state index contributed by atoms with van der Waals surface area (Å²) < 4.78 is 13.7. The molecule has 1 N–H and O–H groups in total. The Balaban J connectivity index is 2.32. The number of nitrogens with one attached hydrogen (secondary N) is 1. The summed E-state index contributed by atoms with van der Waals surface area (Å²) in [4.78, 5) is 25.9. The maximum atomic E-state index is 13.7. The van der Waals surface area contributed by atoms with Crippen molar-refractivity contribution in [3.8, 4) is 0 Å². The molecule has 1 atom stereocenters. The van der Waals surface area contributed by atoms with Crippen LogP contribution < -0.4 is 5.32 Å². The van der Waals surface area contributed by atoms with Gasteiger partial charge in [0.05, 0.1) is 6.04 Å². The summed E-state index contributed by atoms with van der Waals surface area (Å²) in [6, 6.07) is 4.71. The molecule has 4 nitrogen and oxygen atoms in total. The average molecular weight is 292 g/mol. The zero-order chi connectivity index (χ0) is 15.8. The molecule has 114 valence electrons. The van der Waals surface area contributed by atoms with Gasteiger partial charge < -0.3 is 10.2 Å². The first kappa shape index (κ1) is 15.5. The van der Waals surface area contributed by atoms with Crippen LogP contribution in [0.15, 0.2) is 18.2 Å². The monoisotopic (exact) mass is 292 g/mol. The van der Waals surface area contributed by atoms with Crippen molar-refractivity contribution in [1.82, 2.24) is 10.2 Å². The van der Waals surface area contributed by atoms with Crippen molar-refractivity contribution in [2.24, 2.45) is 0 Å². The van der Waals surface area contributed by atoms with E-state index in [1.807, 2.05) is 13.0 Å². The van der Waals surface area contributed by atoms with Crippen molar-refractivity contribution >= 4 is 11.8 Å². The third kappa shape index (κ3) is 3.06. The third-order valence-corrected chi connectivity index (χ3v) is 3.97. The van der Waals surface area contributed by atoms with Crippen LogP contribution in [0, 0.1) is 12.7 Å². The molecule has 1 aromatic carbocycles. The van der Waals surface area contributed by atoms with Gasteiger partial charge in [-0.05, 0) is 44.9 Å². The van der Waals surface area contributed by atoms with Crippen LogP contribution in [0.3, 0.4) is 0 Å². The smallest absolute Gasteiger partial charge is 0.248 e. The highest BCUT2D eigenvalue weighted by molar-refractivity contribution is 5.93. The lowest BCUT2D eigenvalue weighted by atomic mass is 10.00. The minimum absolute atomic E-state index is 0.141. The molecular formula is C16H21FN2O2. The number of hydrogen-bond donors (Lipinski definition) is 1. The SMILES string of the molecule is Cc1ccc(C(C)N2CCC(=O)NC(C)(C)C2=O)cc1F. The highest BCUT2D eigenvalue weighted by Crippen LogP contribution is 2.26. The van der Waals surface area contributed by atoms with E-state index in [1.165, 1.54) is 6.07 Å². The fraction of sp³-hybridized carbons (Fsp3) is 0.500. The first-order valence-electron chi connectivity index (χ1n) is 7.10. The number of hydrogen-bond acceptors (Lipinski definition) is 2. The summed E-state index contributed by atoms with van der Waals surface area (Å²) in [6.45, 7) is 7.27. The van der Waals surface area contributed by atoms with E-state index in [4.69, 9.17) is 0 Å². The van der Waals surface area contributed by atoms with E-state index in [9.17, 15) is 14.0 Å². The molecule has 0 aliphatic carbocycles. The summed E-state index contributed by atoms with van der Waals surface area (Å²) in [7, 11) is 0. The molecule has 1 saturated heterocycles. The quantitative estimate of drug-likeness (QED) is 0.909.